The molecule has 5 nitrogen and oxygen atoms in total. The summed E-state index contributed by atoms with van der Waals surface area (Å²) in [5, 5.41) is 5.99. The number of aromatic nitrogens is 2. The second-order valence-corrected chi connectivity index (χ2v) is 8.25. The Hall–Kier alpha value is -2.09. The van der Waals surface area contributed by atoms with Crippen molar-refractivity contribution in [2.75, 3.05) is 26.2 Å². The number of amides is 1. The van der Waals surface area contributed by atoms with Gasteiger partial charge in [0, 0.05) is 49.0 Å². The molecule has 134 valence electrons. The van der Waals surface area contributed by atoms with E-state index in [0.29, 0.717) is 5.69 Å². The highest BCUT2D eigenvalue weighted by Crippen LogP contribution is 2.24. The zero-order valence-corrected chi connectivity index (χ0v) is 16.2. The predicted octanol–water partition coefficient (Wildman–Crippen LogP) is 3.53. The van der Waals surface area contributed by atoms with Crippen LogP contribution in [0.25, 0.3) is 10.6 Å². The number of hydrogen-bond acceptors (Lipinski definition) is 6. The van der Waals surface area contributed by atoms with E-state index in [1.807, 2.05) is 47.5 Å². The normalized spacial score (nSPS) is 15.3. The summed E-state index contributed by atoms with van der Waals surface area (Å²) in [7, 11) is 0. The van der Waals surface area contributed by atoms with Crippen molar-refractivity contribution in [1.82, 2.24) is 19.8 Å². The van der Waals surface area contributed by atoms with Crippen molar-refractivity contribution in [2.45, 2.75) is 13.5 Å². The number of aryl methyl sites for hydroxylation is 1. The maximum Gasteiger partial charge on any atom is 0.273 e. The van der Waals surface area contributed by atoms with E-state index >= 15 is 0 Å². The van der Waals surface area contributed by atoms with Gasteiger partial charge in [-0.1, -0.05) is 30.3 Å². The molecular formula is C19H20N4OS2. The maximum absolute atomic E-state index is 12.8. The van der Waals surface area contributed by atoms with E-state index in [0.717, 1.165) is 54.0 Å². The van der Waals surface area contributed by atoms with E-state index in [-0.39, 0.29) is 5.91 Å². The van der Waals surface area contributed by atoms with Crippen molar-refractivity contribution >= 4 is 28.6 Å². The van der Waals surface area contributed by atoms with Gasteiger partial charge >= 0.3 is 0 Å². The minimum atomic E-state index is 0.0348. The molecule has 1 saturated heterocycles. The van der Waals surface area contributed by atoms with Gasteiger partial charge in [-0.3, -0.25) is 9.69 Å². The molecule has 3 aromatic rings. The van der Waals surface area contributed by atoms with Crippen LogP contribution in [0.15, 0.2) is 41.1 Å². The fraction of sp³-hybridized carbons (Fsp3) is 0.316. The first-order valence-electron chi connectivity index (χ1n) is 8.62. The van der Waals surface area contributed by atoms with Crippen molar-refractivity contribution in [3.63, 3.8) is 0 Å². The van der Waals surface area contributed by atoms with Crippen LogP contribution in [0.3, 0.4) is 0 Å². The molecule has 26 heavy (non-hydrogen) atoms. The van der Waals surface area contributed by atoms with Crippen LogP contribution in [-0.4, -0.2) is 51.9 Å². The first kappa shape index (κ1) is 17.3. The third kappa shape index (κ3) is 3.85. The third-order valence-corrected chi connectivity index (χ3v) is 6.17. The van der Waals surface area contributed by atoms with Crippen molar-refractivity contribution in [3.05, 3.63) is 57.5 Å². The van der Waals surface area contributed by atoms with Gasteiger partial charge in [0.25, 0.3) is 5.91 Å². The Balaban J connectivity index is 1.36. The Bertz CT molecular complexity index is 882. The lowest BCUT2D eigenvalue weighted by Crippen LogP contribution is -2.48. The molecule has 2 aromatic heterocycles. The van der Waals surface area contributed by atoms with Crippen LogP contribution in [0, 0.1) is 6.92 Å². The lowest BCUT2D eigenvalue weighted by molar-refractivity contribution is 0.0622. The maximum atomic E-state index is 12.8. The minimum Gasteiger partial charge on any atom is -0.335 e. The van der Waals surface area contributed by atoms with Gasteiger partial charge in [-0.25, -0.2) is 9.97 Å². The van der Waals surface area contributed by atoms with Crippen LogP contribution < -0.4 is 0 Å². The minimum absolute atomic E-state index is 0.0348. The number of carbonyl (C=O) groups is 1. The van der Waals surface area contributed by atoms with E-state index in [9.17, 15) is 4.79 Å². The van der Waals surface area contributed by atoms with Crippen molar-refractivity contribution < 1.29 is 4.79 Å². The van der Waals surface area contributed by atoms with Gasteiger partial charge in [-0.05, 0) is 6.92 Å². The molecule has 0 bridgehead atoms. The average molecular weight is 385 g/mol. The number of carbonyl (C=O) groups excluding carboxylic acids is 1. The van der Waals surface area contributed by atoms with Crippen LogP contribution >= 0.6 is 22.7 Å². The number of piperazine rings is 1. The van der Waals surface area contributed by atoms with E-state index in [2.05, 4.69) is 20.2 Å². The summed E-state index contributed by atoms with van der Waals surface area (Å²) in [6.45, 7) is 6.11. The number of thiazole rings is 2. The monoisotopic (exact) mass is 384 g/mol. The second-order valence-electron chi connectivity index (χ2n) is 6.33. The second kappa shape index (κ2) is 7.65. The summed E-state index contributed by atoms with van der Waals surface area (Å²) in [6.07, 6.45) is 0. The summed E-state index contributed by atoms with van der Waals surface area (Å²) < 4.78 is 0. The molecule has 1 aliphatic heterocycles. The highest BCUT2D eigenvalue weighted by molar-refractivity contribution is 7.13. The Labute approximate surface area is 160 Å². The van der Waals surface area contributed by atoms with Crippen molar-refractivity contribution in [1.29, 1.82) is 0 Å². The van der Waals surface area contributed by atoms with Crippen LogP contribution in [0.1, 0.15) is 21.2 Å². The Morgan fingerprint density at radius 3 is 2.50 bits per heavy atom. The summed E-state index contributed by atoms with van der Waals surface area (Å²) >= 11 is 3.21. The molecule has 1 amide bonds. The molecular weight excluding hydrogens is 364 g/mol. The van der Waals surface area contributed by atoms with Crippen LogP contribution in [0.4, 0.5) is 0 Å². The average Bonchev–Trinajstić information content (AvgIpc) is 3.32. The Morgan fingerprint density at radius 1 is 1.04 bits per heavy atom. The quantitative estimate of drug-likeness (QED) is 0.690. The fourth-order valence-corrected chi connectivity index (χ4v) is 4.47. The molecule has 0 saturated carbocycles. The molecule has 3 heterocycles. The molecule has 7 heteroatoms. The zero-order valence-electron chi connectivity index (χ0n) is 14.6. The van der Waals surface area contributed by atoms with Gasteiger partial charge in [-0.15, -0.1) is 22.7 Å². The number of nitrogens with zero attached hydrogens (tertiary/aromatic N) is 4. The molecule has 1 aliphatic rings. The molecule has 4 rings (SSSR count). The standard InChI is InChI=1S/C19H20N4OS2/c1-14-20-16(12-25-14)11-22-7-9-23(10-8-22)19(24)17-13-26-18(21-17)15-5-3-2-4-6-15/h2-6,12-13H,7-11H2,1H3. The number of rotatable bonds is 4. The summed E-state index contributed by atoms with van der Waals surface area (Å²) in [4.78, 5) is 26.1. The van der Waals surface area contributed by atoms with E-state index in [4.69, 9.17) is 0 Å². The summed E-state index contributed by atoms with van der Waals surface area (Å²) in [5.74, 6) is 0.0348. The van der Waals surface area contributed by atoms with Crippen molar-refractivity contribution in [3.8, 4) is 10.6 Å². The molecule has 1 fully saturated rings. The fourth-order valence-electron chi connectivity index (χ4n) is 3.07. The van der Waals surface area contributed by atoms with Gasteiger partial charge in [0.15, 0.2) is 0 Å². The molecule has 0 N–H and O–H groups in total. The molecule has 0 aliphatic carbocycles. The first-order chi connectivity index (χ1) is 12.7. The Morgan fingerprint density at radius 2 is 1.81 bits per heavy atom. The molecule has 0 atom stereocenters. The lowest BCUT2D eigenvalue weighted by Gasteiger charge is -2.34. The van der Waals surface area contributed by atoms with Crippen LogP contribution in [-0.2, 0) is 6.54 Å². The van der Waals surface area contributed by atoms with E-state index in [1.165, 1.54) is 11.3 Å². The Kier molecular flexibility index (Phi) is 5.10. The molecule has 1 aromatic carbocycles. The highest BCUT2D eigenvalue weighted by atomic mass is 32.1. The summed E-state index contributed by atoms with van der Waals surface area (Å²) in [6, 6.07) is 10.00. The summed E-state index contributed by atoms with van der Waals surface area (Å²) in [5.41, 5.74) is 2.73. The van der Waals surface area contributed by atoms with Crippen LogP contribution in [0.2, 0.25) is 0 Å². The third-order valence-electron chi connectivity index (χ3n) is 4.46. The molecule has 0 spiro atoms. The van der Waals surface area contributed by atoms with E-state index < -0.39 is 0 Å². The SMILES string of the molecule is Cc1nc(CN2CCN(C(=O)c3csc(-c4ccccc4)n3)CC2)cs1. The van der Waals surface area contributed by atoms with E-state index in [1.54, 1.807) is 11.3 Å². The van der Waals surface area contributed by atoms with Gasteiger partial charge in [0.05, 0.1) is 10.7 Å². The predicted molar refractivity (Wildman–Crippen MR) is 106 cm³/mol. The highest BCUT2D eigenvalue weighted by Gasteiger charge is 2.24. The zero-order chi connectivity index (χ0) is 17.9. The lowest BCUT2D eigenvalue weighted by atomic mass is 10.2. The first-order valence-corrected chi connectivity index (χ1v) is 10.4. The topological polar surface area (TPSA) is 49.3 Å². The largest absolute Gasteiger partial charge is 0.335 e. The van der Waals surface area contributed by atoms with Gasteiger partial charge in [-0.2, -0.15) is 0 Å². The van der Waals surface area contributed by atoms with Crippen LogP contribution in [0.5, 0.6) is 0 Å². The van der Waals surface area contributed by atoms with Crippen molar-refractivity contribution in [2.24, 2.45) is 0 Å². The number of hydrogen-bond donors (Lipinski definition) is 0. The smallest absolute Gasteiger partial charge is 0.273 e. The van der Waals surface area contributed by atoms with Gasteiger partial charge in [0.1, 0.15) is 10.7 Å². The molecule has 0 unspecified atom stereocenters. The van der Waals surface area contributed by atoms with Gasteiger partial charge < -0.3 is 4.90 Å². The number of benzene rings is 1. The van der Waals surface area contributed by atoms with Gasteiger partial charge in [0.2, 0.25) is 0 Å². The molecule has 0 radical (unpaired) electrons.